The molecule has 0 bridgehead atoms. The van der Waals surface area contributed by atoms with Gasteiger partial charge in [-0.2, -0.15) is 5.10 Å². The second kappa shape index (κ2) is 7.39. The highest BCUT2D eigenvalue weighted by Crippen LogP contribution is 2.19. The maximum atomic E-state index is 12.4. The Morgan fingerprint density at radius 3 is 2.40 bits per heavy atom. The molecule has 0 saturated carbocycles. The molecule has 0 aliphatic heterocycles. The van der Waals surface area contributed by atoms with Crippen LogP contribution in [0.1, 0.15) is 32.9 Å². The Labute approximate surface area is 161 Å². The largest absolute Gasteiger partial charge is 0.322 e. The van der Waals surface area contributed by atoms with E-state index in [1.165, 1.54) is 16.8 Å². The van der Waals surface area contributed by atoms with Crippen molar-refractivity contribution in [3.8, 4) is 0 Å². The fourth-order valence-electron chi connectivity index (χ4n) is 2.83. The molecular formula is C20H20IN3O. The molecule has 0 aliphatic rings. The lowest BCUT2D eigenvalue weighted by atomic mass is 10.0. The molecule has 25 heavy (non-hydrogen) atoms. The lowest BCUT2D eigenvalue weighted by Gasteiger charge is -2.08. The van der Waals surface area contributed by atoms with Crippen LogP contribution >= 0.6 is 22.6 Å². The van der Waals surface area contributed by atoms with Crippen molar-refractivity contribution in [3.63, 3.8) is 0 Å². The molecule has 0 saturated heterocycles. The summed E-state index contributed by atoms with van der Waals surface area (Å²) in [6.07, 6.45) is 0.844. The molecule has 1 amide bonds. The van der Waals surface area contributed by atoms with Gasteiger partial charge in [0.2, 0.25) is 0 Å². The Bertz CT molecular complexity index is 913. The Morgan fingerprint density at radius 1 is 1.12 bits per heavy atom. The number of hydrogen-bond donors (Lipinski definition) is 1. The Kier molecular flexibility index (Phi) is 5.22. The number of aryl methyl sites for hydroxylation is 2. The van der Waals surface area contributed by atoms with Crippen molar-refractivity contribution in [2.75, 3.05) is 5.32 Å². The molecule has 0 atom stereocenters. The van der Waals surface area contributed by atoms with E-state index in [1.54, 1.807) is 0 Å². The number of carbonyl (C=O) groups is 1. The van der Waals surface area contributed by atoms with Crippen molar-refractivity contribution >= 4 is 34.2 Å². The first kappa shape index (κ1) is 17.7. The Morgan fingerprint density at radius 2 is 1.80 bits per heavy atom. The van der Waals surface area contributed by atoms with Crippen molar-refractivity contribution in [1.29, 1.82) is 0 Å². The fourth-order valence-corrected chi connectivity index (χ4v) is 3.46. The number of carbonyl (C=O) groups excluding carboxylic acids is 1. The van der Waals surface area contributed by atoms with Crippen LogP contribution in [-0.4, -0.2) is 15.7 Å². The number of anilines is 1. The summed E-state index contributed by atoms with van der Waals surface area (Å²) >= 11 is 2.18. The SMILES string of the molecule is Cc1nn(C)c(C)c1Cc1ccc(NC(=O)c2ccccc2I)cc1. The van der Waals surface area contributed by atoms with Gasteiger partial charge in [0.1, 0.15) is 0 Å². The fraction of sp³-hybridized carbons (Fsp3) is 0.200. The molecule has 3 aromatic rings. The number of nitrogens with one attached hydrogen (secondary N) is 1. The zero-order valence-electron chi connectivity index (χ0n) is 14.5. The predicted molar refractivity (Wildman–Crippen MR) is 109 cm³/mol. The van der Waals surface area contributed by atoms with Crippen molar-refractivity contribution < 1.29 is 4.79 Å². The summed E-state index contributed by atoms with van der Waals surface area (Å²) in [5.74, 6) is -0.0864. The quantitative estimate of drug-likeness (QED) is 0.602. The van der Waals surface area contributed by atoms with E-state index < -0.39 is 0 Å². The molecule has 1 aromatic heterocycles. The standard InChI is InChI=1S/C20H20IN3O/c1-13-18(14(2)24(3)23-13)12-15-8-10-16(11-9-15)22-20(25)17-6-4-5-7-19(17)21/h4-11H,12H2,1-3H3,(H,22,25). The Balaban J connectivity index is 1.72. The molecule has 3 rings (SSSR count). The van der Waals surface area contributed by atoms with Gasteiger partial charge in [-0.25, -0.2) is 0 Å². The molecule has 0 spiro atoms. The number of halogens is 1. The van der Waals surface area contributed by atoms with E-state index in [0.29, 0.717) is 5.56 Å². The van der Waals surface area contributed by atoms with E-state index in [1.807, 2.05) is 55.1 Å². The normalized spacial score (nSPS) is 10.7. The zero-order chi connectivity index (χ0) is 18.0. The van der Waals surface area contributed by atoms with Gasteiger partial charge in [0, 0.05) is 34.0 Å². The monoisotopic (exact) mass is 445 g/mol. The van der Waals surface area contributed by atoms with E-state index in [2.05, 4.69) is 52.1 Å². The first-order chi connectivity index (χ1) is 12.0. The van der Waals surface area contributed by atoms with E-state index in [9.17, 15) is 4.79 Å². The number of benzene rings is 2. The molecule has 0 fully saturated rings. The van der Waals surface area contributed by atoms with Crippen molar-refractivity contribution in [1.82, 2.24) is 9.78 Å². The molecule has 4 nitrogen and oxygen atoms in total. The minimum atomic E-state index is -0.0864. The second-order valence-corrected chi connectivity index (χ2v) is 7.24. The lowest BCUT2D eigenvalue weighted by molar-refractivity contribution is 0.102. The van der Waals surface area contributed by atoms with Crippen LogP contribution in [-0.2, 0) is 13.5 Å². The number of amides is 1. The number of hydrogen-bond acceptors (Lipinski definition) is 2. The van der Waals surface area contributed by atoms with Gasteiger partial charge in [-0.3, -0.25) is 9.48 Å². The highest BCUT2D eigenvalue weighted by molar-refractivity contribution is 14.1. The highest BCUT2D eigenvalue weighted by Gasteiger charge is 2.11. The van der Waals surface area contributed by atoms with Crippen LogP contribution in [0.15, 0.2) is 48.5 Å². The highest BCUT2D eigenvalue weighted by atomic mass is 127. The van der Waals surface area contributed by atoms with Crippen LogP contribution in [0.2, 0.25) is 0 Å². The van der Waals surface area contributed by atoms with E-state index in [4.69, 9.17) is 0 Å². The maximum Gasteiger partial charge on any atom is 0.256 e. The van der Waals surface area contributed by atoms with Gasteiger partial charge < -0.3 is 5.32 Å². The van der Waals surface area contributed by atoms with Crippen LogP contribution in [0.3, 0.4) is 0 Å². The van der Waals surface area contributed by atoms with E-state index in [0.717, 1.165) is 21.4 Å². The van der Waals surface area contributed by atoms with Gasteiger partial charge in [-0.1, -0.05) is 24.3 Å². The zero-order valence-corrected chi connectivity index (χ0v) is 16.7. The second-order valence-electron chi connectivity index (χ2n) is 6.08. The Hall–Kier alpha value is -2.15. The third kappa shape index (κ3) is 3.92. The van der Waals surface area contributed by atoms with Gasteiger partial charge >= 0.3 is 0 Å². The molecule has 0 unspecified atom stereocenters. The van der Waals surface area contributed by atoms with Gasteiger partial charge in [0.05, 0.1) is 11.3 Å². The maximum absolute atomic E-state index is 12.4. The smallest absolute Gasteiger partial charge is 0.256 e. The first-order valence-corrected chi connectivity index (χ1v) is 9.17. The number of rotatable bonds is 4. The van der Waals surface area contributed by atoms with Crippen LogP contribution in [0.25, 0.3) is 0 Å². The minimum absolute atomic E-state index is 0.0864. The molecule has 128 valence electrons. The number of nitrogens with zero attached hydrogens (tertiary/aromatic N) is 2. The molecule has 2 aromatic carbocycles. The van der Waals surface area contributed by atoms with E-state index in [-0.39, 0.29) is 5.91 Å². The summed E-state index contributed by atoms with van der Waals surface area (Å²) in [7, 11) is 1.97. The van der Waals surface area contributed by atoms with Crippen LogP contribution in [0.5, 0.6) is 0 Å². The minimum Gasteiger partial charge on any atom is -0.322 e. The molecule has 1 N–H and O–H groups in total. The average molecular weight is 445 g/mol. The molecule has 5 heteroatoms. The number of aromatic nitrogens is 2. The summed E-state index contributed by atoms with van der Waals surface area (Å²) in [6, 6.07) is 15.6. The summed E-state index contributed by atoms with van der Waals surface area (Å²) in [5.41, 5.74) is 6.20. The molecular weight excluding hydrogens is 425 g/mol. The first-order valence-electron chi connectivity index (χ1n) is 8.09. The summed E-state index contributed by atoms with van der Waals surface area (Å²) < 4.78 is 2.86. The van der Waals surface area contributed by atoms with E-state index >= 15 is 0 Å². The lowest BCUT2D eigenvalue weighted by Crippen LogP contribution is -2.13. The summed E-state index contributed by atoms with van der Waals surface area (Å²) in [4.78, 5) is 12.4. The molecule has 0 radical (unpaired) electrons. The van der Waals surface area contributed by atoms with Gasteiger partial charge in [0.15, 0.2) is 0 Å². The van der Waals surface area contributed by atoms with Crippen LogP contribution in [0, 0.1) is 17.4 Å². The third-order valence-electron chi connectivity index (χ3n) is 4.37. The topological polar surface area (TPSA) is 46.9 Å². The van der Waals surface area contributed by atoms with Crippen molar-refractivity contribution in [2.45, 2.75) is 20.3 Å². The van der Waals surface area contributed by atoms with Crippen LogP contribution in [0.4, 0.5) is 5.69 Å². The summed E-state index contributed by atoms with van der Waals surface area (Å²) in [5, 5.41) is 7.42. The van der Waals surface area contributed by atoms with Crippen molar-refractivity contribution in [3.05, 3.63) is 80.2 Å². The van der Waals surface area contributed by atoms with Crippen LogP contribution < -0.4 is 5.32 Å². The van der Waals surface area contributed by atoms with Gasteiger partial charge in [-0.05, 0) is 66.3 Å². The molecule has 1 heterocycles. The van der Waals surface area contributed by atoms with Gasteiger partial charge in [0.25, 0.3) is 5.91 Å². The van der Waals surface area contributed by atoms with Gasteiger partial charge in [-0.15, -0.1) is 0 Å². The van der Waals surface area contributed by atoms with Crippen molar-refractivity contribution in [2.24, 2.45) is 7.05 Å². The third-order valence-corrected chi connectivity index (χ3v) is 5.31. The molecule has 0 aliphatic carbocycles. The summed E-state index contributed by atoms with van der Waals surface area (Å²) in [6.45, 7) is 4.13. The average Bonchev–Trinajstić information content (AvgIpc) is 2.83. The predicted octanol–water partition coefficient (Wildman–Crippen LogP) is 4.48.